The third kappa shape index (κ3) is 3.38. The van der Waals surface area contributed by atoms with Crippen LogP contribution in [0.25, 0.3) is 0 Å². The van der Waals surface area contributed by atoms with Crippen molar-refractivity contribution in [3.63, 3.8) is 0 Å². The van der Waals surface area contributed by atoms with E-state index in [1.807, 2.05) is 36.4 Å². The van der Waals surface area contributed by atoms with Crippen LogP contribution in [0.1, 0.15) is 34.1 Å². The molecule has 19 heavy (non-hydrogen) atoms. The van der Waals surface area contributed by atoms with Crippen molar-refractivity contribution < 1.29 is 9.59 Å². The van der Waals surface area contributed by atoms with Gasteiger partial charge >= 0.3 is 0 Å². The van der Waals surface area contributed by atoms with E-state index in [4.69, 9.17) is 0 Å². The van der Waals surface area contributed by atoms with Crippen LogP contribution < -0.4 is 0 Å². The van der Waals surface area contributed by atoms with Crippen molar-refractivity contribution in [2.45, 2.75) is 13.3 Å². The van der Waals surface area contributed by atoms with E-state index in [2.05, 4.69) is 0 Å². The van der Waals surface area contributed by atoms with E-state index in [-0.39, 0.29) is 23.9 Å². The van der Waals surface area contributed by atoms with Crippen molar-refractivity contribution in [1.82, 2.24) is 0 Å². The Hall–Kier alpha value is -2.22. The average molecular weight is 252 g/mol. The molecule has 2 heteroatoms. The molecule has 0 spiro atoms. The molecule has 0 N–H and O–H groups in total. The van der Waals surface area contributed by atoms with E-state index in [9.17, 15) is 9.59 Å². The van der Waals surface area contributed by atoms with Gasteiger partial charge in [0.2, 0.25) is 0 Å². The first-order valence-electron chi connectivity index (χ1n) is 6.36. The molecule has 0 amide bonds. The maximum Gasteiger partial charge on any atom is 0.166 e. The zero-order valence-corrected chi connectivity index (χ0v) is 10.9. The van der Waals surface area contributed by atoms with Crippen LogP contribution in [0.2, 0.25) is 0 Å². The van der Waals surface area contributed by atoms with Gasteiger partial charge in [0.25, 0.3) is 0 Å². The quantitative estimate of drug-likeness (QED) is 0.759. The van der Waals surface area contributed by atoms with Crippen LogP contribution in [0.15, 0.2) is 60.7 Å². The molecule has 0 aromatic heterocycles. The van der Waals surface area contributed by atoms with Crippen LogP contribution in [0.4, 0.5) is 0 Å². The summed E-state index contributed by atoms with van der Waals surface area (Å²) in [5, 5.41) is 0. The van der Waals surface area contributed by atoms with Gasteiger partial charge in [0, 0.05) is 23.5 Å². The first-order valence-corrected chi connectivity index (χ1v) is 6.36. The van der Waals surface area contributed by atoms with Gasteiger partial charge in [0.1, 0.15) is 0 Å². The first-order chi connectivity index (χ1) is 9.18. The lowest BCUT2D eigenvalue weighted by Crippen LogP contribution is -2.15. The molecule has 0 saturated heterocycles. The third-order valence-corrected chi connectivity index (χ3v) is 3.09. The Kier molecular flexibility index (Phi) is 4.24. The fraction of sp³-hybridized carbons (Fsp3) is 0.176. The Morgan fingerprint density at radius 1 is 0.842 bits per heavy atom. The first kappa shape index (κ1) is 13.2. The number of carbonyl (C=O) groups excluding carboxylic acids is 2. The highest BCUT2D eigenvalue weighted by Crippen LogP contribution is 2.15. The van der Waals surface area contributed by atoms with Crippen molar-refractivity contribution in [3.05, 3.63) is 71.8 Å². The predicted molar refractivity (Wildman–Crippen MR) is 75.3 cm³/mol. The van der Waals surface area contributed by atoms with Crippen LogP contribution in [0.3, 0.4) is 0 Å². The molecular formula is C17H16O2. The van der Waals surface area contributed by atoms with E-state index in [0.717, 1.165) is 0 Å². The molecule has 2 aromatic rings. The van der Waals surface area contributed by atoms with Gasteiger partial charge in [-0.1, -0.05) is 67.6 Å². The van der Waals surface area contributed by atoms with E-state index >= 15 is 0 Å². The maximum atomic E-state index is 12.2. The van der Waals surface area contributed by atoms with Gasteiger partial charge in [0.05, 0.1) is 0 Å². The fourth-order valence-electron chi connectivity index (χ4n) is 2.00. The summed E-state index contributed by atoms with van der Waals surface area (Å²) in [4.78, 5) is 24.2. The number of carbonyl (C=O) groups is 2. The summed E-state index contributed by atoms with van der Waals surface area (Å²) >= 11 is 0. The predicted octanol–water partition coefficient (Wildman–Crippen LogP) is 3.78. The number of Topliss-reactive ketones (excluding diaryl/α,β-unsaturated/α-hetero) is 2. The summed E-state index contributed by atoms with van der Waals surface area (Å²) < 4.78 is 0. The Bertz CT molecular complexity index is 558. The van der Waals surface area contributed by atoms with Crippen LogP contribution in [-0.2, 0) is 0 Å². The summed E-state index contributed by atoms with van der Waals surface area (Å²) in [5.41, 5.74) is 1.33. The molecule has 0 saturated carbocycles. The van der Waals surface area contributed by atoms with Crippen LogP contribution in [-0.4, -0.2) is 11.6 Å². The van der Waals surface area contributed by atoms with E-state index in [1.165, 1.54) is 0 Å². The third-order valence-electron chi connectivity index (χ3n) is 3.09. The minimum atomic E-state index is -0.296. The minimum absolute atomic E-state index is 0.0115. The molecule has 0 aliphatic rings. The second kappa shape index (κ2) is 6.10. The summed E-state index contributed by atoms with van der Waals surface area (Å²) in [5.74, 6) is -0.266. The van der Waals surface area contributed by atoms with Crippen molar-refractivity contribution in [1.29, 1.82) is 0 Å². The van der Waals surface area contributed by atoms with E-state index in [1.54, 1.807) is 31.2 Å². The lowest BCUT2D eigenvalue weighted by molar-refractivity contribution is 0.0863. The normalized spacial score (nSPS) is 11.8. The second-order valence-electron chi connectivity index (χ2n) is 4.62. The zero-order valence-electron chi connectivity index (χ0n) is 10.9. The molecule has 1 atom stereocenters. The Labute approximate surface area is 113 Å². The monoisotopic (exact) mass is 252 g/mol. The minimum Gasteiger partial charge on any atom is -0.294 e. The molecule has 0 heterocycles. The lowest BCUT2D eigenvalue weighted by Gasteiger charge is -2.09. The molecule has 0 bridgehead atoms. The molecule has 2 rings (SSSR count). The topological polar surface area (TPSA) is 34.1 Å². The summed E-state index contributed by atoms with van der Waals surface area (Å²) in [6, 6.07) is 18.2. The Balaban J connectivity index is 2.04. The van der Waals surface area contributed by atoms with Crippen LogP contribution >= 0.6 is 0 Å². The molecule has 0 fully saturated rings. The molecule has 0 aliphatic carbocycles. The SMILES string of the molecule is CC(CC(=O)c1ccccc1)C(=O)c1ccccc1. The molecule has 0 aliphatic heterocycles. The van der Waals surface area contributed by atoms with Crippen molar-refractivity contribution in [2.24, 2.45) is 5.92 Å². The van der Waals surface area contributed by atoms with Gasteiger partial charge in [-0.2, -0.15) is 0 Å². The molecule has 96 valence electrons. The fourth-order valence-corrected chi connectivity index (χ4v) is 2.00. The standard InChI is InChI=1S/C17H16O2/c1-13(17(19)15-10-6-3-7-11-15)12-16(18)14-8-4-2-5-9-14/h2-11,13H,12H2,1H3. The number of hydrogen-bond acceptors (Lipinski definition) is 2. The maximum absolute atomic E-state index is 12.2. The highest BCUT2D eigenvalue weighted by atomic mass is 16.1. The van der Waals surface area contributed by atoms with E-state index < -0.39 is 0 Å². The largest absolute Gasteiger partial charge is 0.294 e. The lowest BCUT2D eigenvalue weighted by atomic mass is 9.92. The number of hydrogen-bond donors (Lipinski definition) is 0. The molecule has 2 aromatic carbocycles. The Morgan fingerprint density at radius 3 is 1.84 bits per heavy atom. The number of rotatable bonds is 5. The van der Waals surface area contributed by atoms with Gasteiger partial charge < -0.3 is 0 Å². The Morgan fingerprint density at radius 2 is 1.32 bits per heavy atom. The highest BCUT2D eigenvalue weighted by Gasteiger charge is 2.18. The van der Waals surface area contributed by atoms with Gasteiger partial charge in [0.15, 0.2) is 11.6 Å². The smallest absolute Gasteiger partial charge is 0.166 e. The zero-order chi connectivity index (χ0) is 13.7. The van der Waals surface area contributed by atoms with Gasteiger partial charge in [-0.05, 0) is 0 Å². The van der Waals surface area contributed by atoms with E-state index in [0.29, 0.717) is 11.1 Å². The van der Waals surface area contributed by atoms with Gasteiger partial charge in [-0.3, -0.25) is 9.59 Å². The van der Waals surface area contributed by atoms with Crippen molar-refractivity contribution >= 4 is 11.6 Å². The summed E-state index contributed by atoms with van der Waals surface area (Å²) in [6.45, 7) is 1.80. The number of benzene rings is 2. The van der Waals surface area contributed by atoms with Crippen LogP contribution in [0.5, 0.6) is 0 Å². The molecule has 2 nitrogen and oxygen atoms in total. The molecular weight excluding hydrogens is 236 g/mol. The van der Waals surface area contributed by atoms with Crippen LogP contribution in [0, 0.1) is 5.92 Å². The van der Waals surface area contributed by atoms with Gasteiger partial charge in [-0.25, -0.2) is 0 Å². The second-order valence-corrected chi connectivity index (χ2v) is 4.62. The molecule has 1 unspecified atom stereocenters. The average Bonchev–Trinajstić information content (AvgIpc) is 2.48. The molecule has 0 radical (unpaired) electrons. The van der Waals surface area contributed by atoms with Crippen molar-refractivity contribution in [2.75, 3.05) is 0 Å². The van der Waals surface area contributed by atoms with Crippen molar-refractivity contribution in [3.8, 4) is 0 Å². The summed E-state index contributed by atoms with van der Waals surface area (Å²) in [7, 11) is 0. The van der Waals surface area contributed by atoms with Gasteiger partial charge in [-0.15, -0.1) is 0 Å². The number of ketones is 2. The highest BCUT2D eigenvalue weighted by molar-refractivity contribution is 6.03. The summed E-state index contributed by atoms with van der Waals surface area (Å²) in [6.07, 6.45) is 0.248.